The maximum atomic E-state index is 10.7. The number of aliphatic hydroxyl groups is 1. The van der Waals surface area contributed by atoms with Crippen LogP contribution in [0.1, 0.15) is 13.3 Å². The highest BCUT2D eigenvalue weighted by Gasteiger charge is 2.11. The molecule has 0 heterocycles. The van der Waals surface area contributed by atoms with Gasteiger partial charge in [-0.1, -0.05) is 0 Å². The Kier molecular flexibility index (Phi) is 5.79. The van der Waals surface area contributed by atoms with Gasteiger partial charge in [0.05, 0.1) is 16.4 Å². The number of nitro benzene ring substituents is 1. The van der Waals surface area contributed by atoms with E-state index in [9.17, 15) is 10.1 Å². The quantitative estimate of drug-likeness (QED) is 0.351. The Labute approximate surface area is 104 Å². The standard InChI is InChI=1S/C11H15NO4S/c1-2-16-10-5-4-9(12(14)15)8-11(10)17-7-3-6-13/h4-5,8,13H,2-3,6-7H2,1H3. The average Bonchev–Trinajstić information content (AvgIpc) is 2.31. The molecule has 1 rings (SSSR count). The van der Waals surface area contributed by atoms with E-state index in [0.29, 0.717) is 24.5 Å². The molecule has 0 bridgehead atoms. The van der Waals surface area contributed by atoms with Crippen LogP contribution >= 0.6 is 11.8 Å². The highest BCUT2D eigenvalue weighted by atomic mass is 32.2. The third-order valence-corrected chi connectivity index (χ3v) is 3.12. The third-order valence-electron chi connectivity index (χ3n) is 2.00. The molecule has 0 aliphatic rings. The predicted molar refractivity (Wildman–Crippen MR) is 66.7 cm³/mol. The molecule has 0 saturated heterocycles. The van der Waals surface area contributed by atoms with Crippen molar-refractivity contribution in [1.29, 1.82) is 0 Å². The van der Waals surface area contributed by atoms with E-state index in [0.717, 1.165) is 4.90 Å². The summed E-state index contributed by atoms with van der Waals surface area (Å²) >= 11 is 1.45. The Hall–Kier alpha value is -1.27. The van der Waals surface area contributed by atoms with Crippen molar-refractivity contribution in [3.8, 4) is 5.75 Å². The molecule has 5 nitrogen and oxygen atoms in total. The molecule has 0 radical (unpaired) electrons. The van der Waals surface area contributed by atoms with Crippen molar-refractivity contribution in [3.05, 3.63) is 28.3 Å². The second kappa shape index (κ2) is 7.13. The monoisotopic (exact) mass is 257 g/mol. The zero-order chi connectivity index (χ0) is 12.7. The number of nitrogens with zero attached hydrogens (tertiary/aromatic N) is 1. The molecule has 1 N–H and O–H groups in total. The van der Waals surface area contributed by atoms with Gasteiger partial charge in [0, 0.05) is 24.5 Å². The molecule has 0 aromatic heterocycles. The topological polar surface area (TPSA) is 72.6 Å². The van der Waals surface area contributed by atoms with Gasteiger partial charge in [-0.05, 0) is 19.4 Å². The first-order valence-corrected chi connectivity index (χ1v) is 6.32. The van der Waals surface area contributed by atoms with Gasteiger partial charge in [-0.25, -0.2) is 0 Å². The van der Waals surface area contributed by atoms with Crippen molar-refractivity contribution in [1.82, 2.24) is 0 Å². The minimum atomic E-state index is -0.425. The average molecular weight is 257 g/mol. The van der Waals surface area contributed by atoms with Crippen LogP contribution in [-0.4, -0.2) is 29.0 Å². The summed E-state index contributed by atoms with van der Waals surface area (Å²) in [6.45, 7) is 2.50. The Morgan fingerprint density at radius 2 is 2.29 bits per heavy atom. The van der Waals surface area contributed by atoms with Crippen LogP contribution in [0.5, 0.6) is 5.75 Å². The summed E-state index contributed by atoms with van der Waals surface area (Å²) in [5.74, 6) is 1.36. The van der Waals surface area contributed by atoms with E-state index in [1.807, 2.05) is 6.92 Å². The van der Waals surface area contributed by atoms with E-state index in [4.69, 9.17) is 9.84 Å². The van der Waals surface area contributed by atoms with Crippen LogP contribution in [0.2, 0.25) is 0 Å². The number of nitro groups is 1. The lowest BCUT2D eigenvalue weighted by Crippen LogP contribution is -1.96. The van der Waals surface area contributed by atoms with Gasteiger partial charge in [0.1, 0.15) is 5.75 Å². The minimum Gasteiger partial charge on any atom is -0.493 e. The Morgan fingerprint density at radius 3 is 2.88 bits per heavy atom. The van der Waals surface area contributed by atoms with E-state index in [1.54, 1.807) is 6.07 Å². The molecular formula is C11H15NO4S. The molecule has 0 aliphatic heterocycles. The molecule has 94 valence electrons. The van der Waals surface area contributed by atoms with Gasteiger partial charge >= 0.3 is 0 Å². The highest BCUT2D eigenvalue weighted by Crippen LogP contribution is 2.33. The van der Waals surface area contributed by atoms with Gasteiger partial charge in [-0.3, -0.25) is 10.1 Å². The number of benzene rings is 1. The SMILES string of the molecule is CCOc1ccc([N+](=O)[O-])cc1SCCCO. The van der Waals surface area contributed by atoms with Crippen molar-refractivity contribution >= 4 is 17.4 Å². The zero-order valence-corrected chi connectivity index (χ0v) is 10.4. The second-order valence-electron chi connectivity index (χ2n) is 3.25. The van der Waals surface area contributed by atoms with Gasteiger partial charge < -0.3 is 9.84 Å². The maximum Gasteiger partial charge on any atom is 0.270 e. The number of non-ortho nitro benzene ring substituents is 1. The van der Waals surface area contributed by atoms with Crippen molar-refractivity contribution in [2.45, 2.75) is 18.2 Å². The number of rotatable bonds is 7. The van der Waals surface area contributed by atoms with Gasteiger partial charge in [0.25, 0.3) is 5.69 Å². The van der Waals surface area contributed by atoms with Crippen LogP contribution in [-0.2, 0) is 0 Å². The molecule has 0 saturated carbocycles. The zero-order valence-electron chi connectivity index (χ0n) is 9.59. The fraction of sp³-hybridized carbons (Fsp3) is 0.455. The summed E-state index contributed by atoms with van der Waals surface area (Å²) in [4.78, 5) is 11.0. The minimum absolute atomic E-state index is 0.0555. The number of aliphatic hydroxyl groups excluding tert-OH is 1. The summed E-state index contributed by atoms with van der Waals surface area (Å²) in [6.07, 6.45) is 0.652. The number of ether oxygens (including phenoxy) is 1. The fourth-order valence-electron chi connectivity index (χ4n) is 1.24. The van der Waals surface area contributed by atoms with Crippen molar-refractivity contribution in [3.63, 3.8) is 0 Å². The van der Waals surface area contributed by atoms with Gasteiger partial charge in [-0.2, -0.15) is 0 Å². The van der Waals surface area contributed by atoms with Crippen molar-refractivity contribution in [2.75, 3.05) is 19.0 Å². The van der Waals surface area contributed by atoms with E-state index >= 15 is 0 Å². The molecule has 17 heavy (non-hydrogen) atoms. The van der Waals surface area contributed by atoms with E-state index in [2.05, 4.69) is 0 Å². The van der Waals surface area contributed by atoms with Crippen LogP contribution in [0.15, 0.2) is 23.1 Å². The molecular weight excluding hydrogens is 242 g/mol. The normalized spacial score (nSPS) is 10.2. The van der Waals surface area contributed by atoms with Gasteiger partial charge in [0.2, 0.25) is 0 Å². The fourth-order valence-corrected chi connectivity index (χ4v) is 2.21. The lowest BCUT2D eigenvalue weighted by Gasteiger charge is -2.09. The maximum absolute atomic E-state index is 10.7. The number of hydrogen-bond acceptors (Lipinski definition) is 5. The molecule has 0 atom stereocenters. The lowest BCUT2D eigenvalue weighted by molar-refractivity contribution is -0.385. The van der Waals surface area contributed by atoms with Gasteiger partial charge in [-0.15, -0.1) is 11.8 Å². The summed E-state index contributed by atoms with van der Waals surface area (Å²) in [5, 5.41) is 19.4. The molecule has 0 spiro atoms. The third kappa shape index (κ3) is 4.24. The van der Waals surface area contributed by atoms with Crippen LogP contribution < -0.4 is 4.74 Å². The second-order valence-corrected chi connectivity index (χ2v) is 4.38. The van der Waals surface area contributed by atoms with E-state index < -0.39 is 4.92 Å². The highest BCUT2D eigenvalue weighted by molar-refractivity contribution is 7.99. The molecule has 0 unspecified atom stereocenters. The van der Waals surface area contributed by atoms with Crippen LogP contribution in [0.25, 0.3) is 0 Å². The lowest BCUT2D eigenvalue weighted by atomic mass is 10.3. The van der Waals surface area contributed by atoms with Crippen LogP contribution in [0.3, 0.4) is 0 Å². The number of hydrogen-bond donors (Lipinski definition) is 1. The van der Waals surface area contributed by atoms with Crippen LogP contribution in [0, 0.1) is 10.1 Å². The molecule has 0 fully saturated rings. The summed E-state index contributed by atoms with van der Waals surface area (Å²) in [6, 6.07) is 4.55. The predicted octanol–water partition coefficient (Wildman–Crippen LogP) is 2.47. The first-order valence-electron chi connectivity index (χ1n) is 5.34. The van der Waals surface area contributed by atoms with E-state index in [-0.39, 0.29) is 12.3 Å². The van der Waals surface area contributed by atoms with Gasteiger partial charge in [0.15, 0.2) is 0 Å². The first-order chi connectivity index (χ1) is 8.19. The summed E-state index contributed by atoms with van der Waals surface area (Å²) < 4.78 is 5.40. The largest absolute Gasteiger partial charge is 0.493 e. The Balaban J connectivity index is 2.86. The first kappa shape index (κ1) is 13.8. The summed E-state index contributed by atoms with van der Waals surface area (Å²) in [5.41, 5.74) is 0.0555. The molecule has 6 heteroatoms. The van der Waals surface area contributed by atoms with Crippen molar-refractivity contribution in [2.24, 2.45) is 0 Å². The Morgan fingerprint density at radius 1 is 1.53 bits per heavy atom. The molecule has 0 amide bonds. The van der Waals surface area contributed by atoms with Crippen LogP contribution in [0.4, 0.5) is 5.69 Å². The molecule has 0 aliphatic carbocycles. The Bertz CT molecular complexity index is 384. The van der Waals surface area contributed by atoms with E-state index in [1.165, 1.54) is 23.9 Å². The smallest absolute Gasteiger partial charge is 0.270 e. The number of thioether (sulfide) groups is 1. The summed E-state index contributed by atoms with van der Waals surface area (Å²) in [7, 11) is 0. The molecule has 1 aromatic carbocycles. The van der Waals surface area contributed by atoms with Crippen molar-refractivity contribution < 1.29 is 14.8 Å². The molecule has 1 aromatic rings.